The molecule has 0 unspecified atom stereocenters. The Bertz CT molecular complexity index is 222. The number of carbonyl (C=O) groups is 1. The summed E-state index contributed by atoms with van der Waals surface area (Å²) >= 11 is 0. The van der Waals surface area contributed by atoms with Crippen LogP contribution in [0.4, 0.5) is 0 Å². The molecule has 0 radical (unpaired) electrons. The van der Waals surface area contributed by atoms with E-state index in [4.69, 9.17) is 0 Å². The maximum Gasteiger partial charge on any atom is 0.153 e. The molecule has 0 aromatic rings. The molecule has 0 aliphatic heterocycles. The summed E-state index contributed by atoms with van der Waals surface area (Å²) in [5.74, 6) is 2.92. The Hall–Kier alpha value is -0.813. The van der Waals surface area contributed by atoms with Crippen LogP contribution in [0, 0.1) is 11.5 Å². The van der Waals surface area contributed by atoms with Gasteiger partial charge in [0.15, 0.2) is 5.78 Å². The van der Waals surface area contributed by atoms with Gasteiger partial charge in [-0.3, -0.25) is 4.79 Å². The minimum Gasteiger partial charge on any atom is -0.295 e. The third-order valence-electron chi connectivity index (χ3n) is 0.849. The molecule has 0 amide bonds. The number of allylic oxidation sites excluding steroid dienone is 2. The average Bonchev–Trinajstić information content (AvgIpc) is 1.78. The van der Waals surface area contributed by atoms with Crippen molar-refractivity contribution in [1.82, 2.24) is 0 Å². The lowest BCUT2D eigenvalue weighted by Gasteiger charge is -2.01. The lowest BCUT2D eigenvalue weighted by molar-refractivity contribution is -0.112. The molecule has 2 heteroatoms. The lowest BCUT2D eigenvalue weighted by atomic mass is 10.4. The molecular formula is C9H14OSi. The van der Waals surface area contributed by atoms with Crippen LogP contribution in [0.1, 0.15) is 6.92 Å². The summed E-state index contributed by atoms with van der Waals surface area (Å²) < 4.78 is 0. The van der Waals surface area contributed by atoms with Crippen molar-refractivity contribution < 1.29 is 4.79 Å². The molecule has 60 valence electrons. The normalized spacial score (nSPS) is 10.9. The summed E-state index contributed by atoms with van der Waals surface area (Å²) in [5.41, 5.74) is 3.13. The van der Waals surface area contributed by atoms with Gasteiger partial charge in [0.05, 0.1) is 0 Å². The minimum atomic E-state index is -1.25. The fraction of sp³-hybridized carbons (Fsp3) is 0.444. The van der Waals surface area contributed by atoms with Crippen molar-refractivity contribution in [2.24, 2.45) is 0 Å². The van der Waals surface area contributed by atoms with Gasteiger partial charge < -0.3 is 0 Å². The first-order valence-electron chi connectivity index (χ1n) is 3.61. The van der Waals surface area contributed by atoms with Gasteiger partial charge >= 0.3 is 0 Å². The van der Waals surface area contributed by atoms with E-state index in [0.29, 0.717) is 0 Å². The van der Waals surface area contributed by atoms with Gasteiger partial charge in [-0.1, -0.05) is 25.6 Å². The van der Waals surface area contributed by atoms with Crippen molar-refractivity contribution in [2.45, 2.75) is 26.6 Å². The molecule has 0 saturated carbocycles. The fourth-order valence-corrected chi connectivity index (χ4v) is 0.934. The second kappa shape index (κ2) is 4.15. The minimum absolute atomic E-state index is 0.0508. The topological polar surface area (TPSA) is 17.1 Å². The third kappa shape index (κ3) is 9.19. The highest BCUT2D eigenvalue weighted by molar-refractivity contribution is 6.83. The molecular weight excluding hydrogens is 152 g/mol. The summed E-state index contributed by atoms with van der Waals surface area (Å²) in [7, 11) is -1.25. The smallest absolute Gasteiger partial charge is 0.153 e. The van der Waals surface area contributed by atoms with Gasteiger partial charge in [0.25, 0.3) is 0 Å². The van der Waals surface area contributed by atoms with Crippen molar-refractivity contribution >= 4 is 13.9 Å². The summed E-state index contributed by atoms with van der Waals surface area (Å²) in [6.07, 6.45) is 3.12. The average molecular weight is 166 g/mol. The number of ketones is 1. The van der Waals surface area contributed by atoms with Crippen LogP contribution in [-0.2, 0) is 4.79 Å². The Kier molecular flexibility index (Phi) is 3.84. The maximum absolute atomic E-state index is 10.4. The third-order valence-corrected chi connectivity index (χ3v) is 1.74. The lowest BCUT2D eigenvalue weighted by Crippen LogP contribution is -2.16. The van der Waals surface area contributed by atoms with E-state index in [1.165, 1.54) is 13.0 Å². The Balaban J connectivity index is 4.02. The predicted molar refractivity (Wildman–Crippen MR) is 50.9 cm³/mol. The monoisotopic (exact) mass is 166 g/mol. The van der Waals surface area contributed by atoms with Crippen molar-refractivity contribution in [3.05, 3.63) is 12.2 Å². The van der Waals surface area contributed by atoms with Gasteiger partial charge in [0, 0.05) is 0 Å². The van der Waals surface area contributed by atoms with E-state index >= 15 is 0 Å². The fourth-order valence-electron chi connectivity index (χ4n) is 0.417. The molecule has 0 N–H and O–H groups in total. The Morgan fingerprint density at radius 3 is 2.27 bits per heavy atom. The Labute approximate surface area is 69.5 Å². The van der Waals surface area contributed by atoms with Crippen LogP contribution in [0.3, 0.4) is 0 Å². The van der Waals surface area contributed by atoms with Crippen molar-refractivity contribution in [1.29, 1.82) is 0 Å². The van der Waals surface area contributed by atoms with E-state index in [0.717, 1.165) is 0 Å². The summed E-state index contributed by atoms with van der Waals surface area (Å²) in [5, 5.41) is 0. The van der Waals surface area contributed by atoms with Gasteiger partial charge in [-0.2, -0.15) is 0 Å². The van der Waals surface area contributed by atoms with E-state index < -0.39 is 8.07 Å². The molecule has 0 heterocycles. The quantitative estimate of drug-likeness (QED) is 0.331. The molecule has 0 aliphatic rings. The van der Waals surface area contributed by atoms with Crippen molar-refractivity contribution in [3.8, 4) is 11.5 Å². The van der Waals surface area contributed by atoms with Crippen LogP contribution in [0.15, 0.2) is 12.2 Å². The molecule has 0 aromatic carbocycles. The molecule has 0 rings (SSSR count). The van der Waals surface area contributed by atoms with Crippen LogP contribution < -0.4 is 0 Å². The molecule has 0 aliphatic carbocycles. The largest absolute Gasteiger partial charge is 0.295 e. The summed E-state index contributed by atoms with van der Waals surface area (Å²) in [6.45, 7) is 8.03. The molecule has 11 heavy (non-hydrogen) atoms. The van der Waals surface area contributed by atoms with Crippen molar-refractivity contribution in [3.63, 3.8) is 0 Å². The highest BCUT2D eigenvalue weighted by Crippen LogP contribution is 1.95. The first kappa shape index (κ1) is 10.2. The Morgan fingerprint density at radius 1 is 1.36 bits per heavy atom. The zero-order valence-corrected chi connectivity index (χ0v) is 8.56. The number of hydrogen-bond acceptors (Lipinski definition) is 1. The number of hydrogen-bond donors (Lipinski definition) is 0. The maximum atomic E-state index is 10.4. The molecule has 0 fully saturated rings. The summed E-state index contributed by atoms with van der Waals surface area (Å²) in [4.78, 5) is 10.4. The molecule has 0 bridgehead atoms. The second-order valence-corrected chi connectivity index (χ2v) is 8.21. The van der Waals surface area contributed by atoms with Crippen LogP contribution in [0.2, 0.25) is 19.6 Å². The number of carbonyl (C=O) groups excluding carboxylic acids is 1. The second-order valence-electron chi connectivity index (χ2n) is 3.46. The van der Waals surface area contributed by atoms with Gasteiger partial charge in [0.2, 0.25) is 0 Å². The first-order chi connectivity index (χ1) is 4.92. The van der Waals surface area contributed by atoms with Crippen molar-refractivity contribution in [2.75, 3.05) is 0 Å². The van der Waals surface area contributed by atoms with Gasteiger partial charge in [-0.25, -0.2) is 0 Å². The van der Waals surface area contributed by atoms with Gasteiger partial charge in [0.1, 0.15) is 8.07 Å². The molecule has 1 nitrogen and oxygen atoms in total. The molecule has 0 saturated heterocycles. The Morgan fingerprint density at radius 2 is 1.91 bits per heavy atom. The SMILES string of the molecule is CC(=O)/C=C/C#C[Si](C)(C)C. The highest BCUT2D eigenvalue weighted by atomic mass is 28.3. The van der Waals surface area contributed by atoms with Gasteiger partial charge in [-0.05, 0) is 19.1 Å². The van der Waals surface area contributed by atoms with Crippen LogP contribution in [0.25, 0.3) is 0 Å². The van der Waals surface area contributed by atoms with Gasteiger partial charge in [-0.15, -0.1) is 5.54 Å². The van der Waals surface area contributed by atoms with Crippen LogP contribution >= 0.6 is 0 Å². The summed E-state index contributed by atoms with van der Waals surface area (Å²) in [6, 6.07) is 0. The first-order valence-corrected chi connectivity index (χ1v) is 7.11. The molecule has 0 aromatic heterocycles. The zero-order valence-electron chi connectivity index (χ0n) is 7.56. The van der Waals surface area contributed by atoms with Crippen LogP contribution in [-0.4, -0.2) is 13.9 Å². The molecule has 0 spiro atoms. The van der Waals surface area contributed by atoms with E-state index in [2.05, 4.69) is 31.1 Å². The van der Waals surface area contributed by atoms with E-state index in [-0.39, 0.29) is 5.78 Å². The van der Waals surface area contributed by atoms with E-state index in [9.17, 15) is 4.79 Å². The van der Waals surface area contributed by atoms with E-state index in [1.807, 2.05) is 0 Å². The predicted octanol–water partition coefficient (Wildman–Crippen LogP) is 2.01. The van der Waals surface area contributed by atoms with E-state index in [1.54, 1.807) is 6.08 Å². The highest BCUT2D eigenvalue weighted by Gasteiger charge is 2.06. The van der Waals surface area contributed by atoms with Crippen LogP contribution in [0.5, 0.6) is 0 Å². The zero-order chi connectivity index (χ0) is 8.91. The number of rotatable bonds is 1. The standard InChI is InChI=1S/C9H14OSi/c1-9(10)7-5-6-8-11(2,3)4/h5,7H,1-4H3/b7-5+. The molecule has 0 atom stereocenters.